The fraction of sp³-hybridized carbons (Fsp3) is 0.273. The van der Waals surface area contributed by atoms with Gasteiger partial charge in [0.2, 0.25) is 5.95 Å². The average molecular weight is 456 g/mol. The standard InChI is InChI=1S/C22H25N5O4S/c1-5-32(29,30)17-9-10-20(31-4)18(12-17)25-22-23-13-19(26-27-22)15(3)24-21(28)16-8-6-7-14(2)11-16/h6-13,15H,5H2,1-4H3,(H,24,28)(H,23,25,27). The molecule has 1 heterocycles. The summed E-state index contributed by atoms with van der Waals surface area (Å²) in [6.45, 7) is 5.29. The van der Waals surface area contributed by atoms with Crippen molar-refractivity contribution in [1.29, 1.82) is 0 Å². The Morgan fingerprint density at radius 3 is 2.56 bits per heavy atom. The lowest BCUT2D eigenvalue weighted by Crippen LogP contribution is -2.27. The molecule has 0 aliphatic heterocycles. The predicted octanol–water partition coefficient (Wildman–Crippen LogP) is 3.22. The number of benzene rings is 2. The monoisotopic (exact) mass is 455 g/mol. The number of ether oxygens (including phenoxy) is 1. The van der Waals surface area contributed by atoms with Crippen LogP contribution < -0.4 is 15.4 Å². The van der Waals surface area contributed by atoms with Gasteiger partial charge < -0.3 is 15.4 Å². The Bertz CT molecular complexity index is 1210. The lowest BCUT2D eigenvalue weighted by molar-refractivity contribution is 0.0939. The molecule has 2 aromatic carbocycles. The van der Waals surface area contributed by atoms with Crippen molar-refractivity contribution in [3.63, 3.8) is 0 Å². The first-order valence-corrected chi connectivity index (χ1v) is 11.6. The molecule has 32 heavy (non-hydrogen) atoms. The average Bonchev–Trinajstić information content (AvgIpc) is 2.79. The van der Waals surface area contributed by atoms with Crippen molar-refractivity contribution < 1.29 is 17.9 Å². The van der Waals surface area contributed by atoms with Crippen LogP contribution in [0.15, 0.2) is 53.6 Å². The summed E-state index contributed by atoms with van der Waals surface area (Å²) >= 11 is 0. The van der Waals surface area contributed by atoms with E-state index in [4.69, 9.17) is 4.74 Å². The first-order chi connectivity index (χ1) is 15.2. The Kier molecular flexibility index (Phi) is 7.04. The first kappa shape index (κ1) is 23.1. The van der Waals surface area contributed by atoms with Crippen LogP contribution >= 0.6 is 0 Å². The molecule has 0 bridgehead atoms. The van der Waals surface area contributed by atoms with E-state index in [2.05, 4.69) is 25.8 Å². The zero-order valence-corrected chi connectivity index (χ0v) is 19.1. The second-order valence-electron chi connectivity index (χ2n) is 7.16. The fourth-order valence-electron chi connectivity index (χ4n) is 2.95. The van der Waals surface area contributed by atoms with E-state index >= 15 is 0 Å². The second-order valence-corrected chi connectivity index (χ2v) is 9.44. The van der Waals surface area contributed by atoms with Crippen molar-refractivity contribution >= 4 is 27.4 Å². The third-order valence-electron chi connectivity index (χ3n) is 4.81. The Labute approximate surface area is 187 Å². The number of nitrogens with zero attached hydrogens (tertiary/aromatic N) is 3. The highest BCUT2D eigenvalue weighted by Gasteiger charge is 2.17. The summed E-state index contributed by atoms with van der Waals surface area (Å²) in [5.74, 6) is 0.364. The third kappa shape index (κ3) is 5.38. The number of hydrogen-bond acceptors (Lipinski definition) is 8. The number of aryl methyl sites for hydroxylation is 1. The van der Waals surface area contributed by atoms with E-state index in [1.165, 1.54) is 25.4 Å². The van der Waals surface area contributed by atoms with Crippen molar-refractivity contribution in [3.05, 3.63) is 65.5 Å². The van der Waals surface area contributed by atoms with Gasteiger partial charge in [-0.15, -0.1) is 10.2 Å². The molecular weight excluding hydrogens is 430 g/mol. The van der Waals surface area contributed by atoms with Gasteiger partial charge in [-0.05, 0) is 44.2 Å². The molecule has 0 radical (unpaired) electrons. The number of methoxy groups -OCH3 is 1. The molecule has 168 valence electrons. The largest absolute Gasteiger partial charge is 0.495 e. The quantitative estimate of drug-likeness (QED) is 0.531. The van der Waals surface area contributed by atoms with E-state index in [1.54, 1.807) is 32.0 Å². The maximum Gasteiger partial charge on any atom is 0.251 e. The van der Waals surface area contributed by atoms with Gasteiger partial charge >= 0.3 is 0 Å². The van der Waals surface area contributed by atoms with Crippen LogP contribution in [0.25, 0.3) is 0 Å². The lowest BCUT2D eigenvalue weighted by atomic mass is 10.1. The normalized spacial score (nSPS) is 12.1. The van der Waals surface area contributed by atoms with Crippen LogP contribution in [0.5, 0.6) is 5.75 Å². The summed E-state index contributed by atoms with van der Waals surface area (Å²) in [6.07, 6.45) is 1.50. The molecule has 10 heteroatoms. The number of carbonyl (C=O) groups is 1. The van der Waals surface area contributed by atoms with Crippen molar-refractivity contribution in [3.8, 4) is 5.75 Å². The number of rotatable bonds is 8. The van der Waals surface area contributed by atoms with Gasteiger partial charge in [-0.25, -0.2) is 13.4 Å². The number of carbonyl (C=O) groups excluding carboxylic acids is 1. The molecule has 0 aliphatic carbocycles. The van der Waals surface area contributed by atoms with Crippen LogP contribution in [-0.2, 0) is 9.84 Å². The molecule has 0 saturated heterocycles. The third-order valence-corrected chi connectivity index (χ3v) is 6.54. The summed E-state index contributed by atoms with van der Waals surface area (Å²) in [4.78, 5) is 16.8. The summed E-state index contributed by atoms with van der Waals surface area (Å²) in [5, 5.41) is 14.0. The predicted molar refractivity (Wildman–Crippen MR) is 121 cm³/mol. The van der Waals surface area contributed by atoms with Gasteiger partial charge in [0.1, 0.15) is 11.4 Å². The van der Waals surface area contributed by atoms with Crippen LogP contribution in [0.1, 0.15) is 41.5 Å². The van der Waals surface area contributed by atoms with E-state index in [0.717, 1.165) is 5.56 Å². The van der Waals surface area contributed by atoms with E-state index in [1.807, 2.05) is 19.1 Å². The van der Waals surface area contributed by atoms with Gasteiger partial charge in [0.15, 0.2) is 9.84 Å². The van der Waals surface area contributed by atoms with E-state index in [0.29, 0.717) is 22.7 Å². The molecular formula is C22H25N5O4S. The SMILES string of the molecule is CCS(=O)(=O)c1ccc(OC)c(Nc2ncc(C(C)NC(=O)c3cccc(C)c3)nn2)c1. The van der Waals surface area contributed by atoms with Crippen LogP contribution in [0.4, 0.5) is 11.6 Å². The molecule has 9 nitrogen and oxygen atoms in total. The van der Waals surface area contributed by atoms with Crippen molar-refractivity contribution in [1.82, 2.24) is 20.5 Å². The van der Waals surface area contributed by atoms with E-state index in [9.17, 15) is 13.2 Å². The molecule has 1 amide bonds. The Balaban J connectivity index is 1.74. The van der Waals surface area contributed by atoms with Gasteiger partial charge in [0.25, 0.3) is 5.91 Å². The Morgan fingerprint density at radius 1 is 1.16 bits per heavy atom. The highest BCUT2D eigenvalue weighted by molar-refractivity contribution is 7.91. The smallest absolute Gasteiger partial charge is 0.251 e. The zero-order chi connectivity index (χ0) is 23.3. The molecule has 1 unspecified atom stereocenters. The van der Waals surface area contributed by atoms with Crippen LogP contribution in [0, 0.1) is 6.92 Å². The van der Waals surface area contributed by atoms with Crippen molar-refractivity contribution in [2.75, 3.05) is 18.2 Å². The molecule has 2 N–H and O–H groups in total. The molecule has 3 rings (SSSR count). The molecule has 1 aromatic heterocycles. The van der Waals surface area contributed by atoms with Crippen LogP contribution in [0.2, 0.25) is 0 Å². The molecule has 3 aromatic rings. The van der Waals surface area contributed by atoms with Gasteiger partial charge in [-0.3, -0.25) is 4.79 Å². The molecule has 0 fully saturated rings. The summed E-state index contributed by atoms with van der Waals surface area (Å²) < 4.78 is 29.7. The Morgan fingerprint density at radius 2 is 1.94 bits per heavy atom. The van der Waals surface area contributed by atoms with Gasteiger partial charge in [0, 0.05) is 5.56 Å². The lowest BCUT2D eigenvalue weighted by Gasteiger charge is -2.14. The maximum absolute atomic E-state index is 12.4. The molecule has 0 spiro atoms. The minimum atomic E-state index is -3.39. The van der Waals surface area contributed by atoms with Crippen LogP contribution in [-0.4, -0.2) is 42.4 Å². The second kappa shape index (κ2) is 9.73. The fourth-order valence-corrected chi connectivity index (χ4v) is 3.85. The maximum atomic E-state index is 12.4. The van der Waals surface area contributed by atoms with Crippen LogP contribution in [0.3, 0.4) is 0 Å². The Hall–Kier alpha value is -3.53. The van der Waals surface area contributed by atoms with Crippen molar-refractivity contribution in [2.24, 2.45) is 0 Å². The summed E-state index contributed by atoms with van der Waals surface area (Å²) in [7, 11) is -1.90. The van der Waals surface area contributed by atoms with Gasteiger partial charge in [0.05, 0.1) is 35.7 Å². The number of sulfone groups is 1. The first-order valence-electron chi connectivity index (χ1n) is 9.98. The van der Waals surface area contributed by atoms with Crippen molar-refractivity contribution in [2.45, 2.75) is 31.7 Å². The number of anilines is 2. The summed E-state index contributed by atoms with van der Waals surface area (Å²) in [6, 6.07) is 11.4. The molecule has 0 aliphatic rings. The van der Waals surface area contributed by atoms with Gasteiger partial charge in [-0.1, -0.05) is 24.6 Å². The minimum Gasteiger partial charge on any atom is -0.495 e. The molecule has 0 saturated carbocycles. The highest BCUT2D eigenvalue weighted by Crippen LogP contribution is 2.29. The summed E-state index contributed by atoms with van der Waals surface area (Å²) in [5.41, 5.74) is 2.43. The number of amides is 1. The highest BCUT2D eigenvalue weighted by atomic mass is 32.2. The number of aromatic nitrogens is 3. The zero-order valence-electron chi connectivity index (χ0n) is 18.3. The van der Waals surface area contributed by atoms with Gasteiger partial charge in [-0.2, -0.15) is 0 Å². The molecule has 1 atom stereocenters. The van der Waals surface area contributed by atoms with E-state index < -0.39 is 15.9 Å². The van der Waals surface area contributed by atoms with E-state index in [-0.39, 0.29) is 22.5 Å². The minimum absolute atomic E-state index is 0.0162. The number of hydrogen-bond donors (Lipinski definition) is 2. The topological polar surface area (TPSA) is 123 Å². The number of nitrogens with one attached hydrogen (secondary N) is 2.